The molecular formula is C14H25N3O2. The second-order valence-corrected chi connectivity index (χ2v) is 4.05. The molecule has 1 rings (SSSR count). The summed E-state index contributed by atoms with van der Waals surface area (Å²) < 4.78 is 10.9. The summed E-state index contributed by atoms with van der Waals surface area (Å²) >= 11 is 0. The Morgan fingerprint density at radius 1 is 1.16 bits per heavy atom. The maximum Gasteiger partial charge on any atom is 0.0772 e. The molecule has 0 bridgehead atoms. The van der Waals surface area contributed by atoms with Crippen molar-refractivity contribution in [3.8, 4) is 0 Å². The Bertz CT molecular complexity index is 337. The van der Waals surface area contributed by atoms with E-state index < -0.39 is 0 Å². The van der Waals surface area contributed by atoms with Crippen LogP contribution in [0.4, 0.5) is 5.69 Å². The lowest BCUT2D eigenvalue weighted by molar-refractivity contribution is 0.141. The van der Waals surface area contributed by atoms with Gasteiger partial charge in [-0.2, -0.15) is 0 Å². The molecule has 0 aromatic carbocycles. The first-order chi connectivity index (χ1) is 9.33. The second kappa shape index (κ2) is 9.72. The Morgan fingerprint density at radius 3 is 2.32 bits per heavy atom. The monoisotopic (exact) mass is 267 g/mol. The molecule has 0 spiro atoms. The molecule has 1 aromatic rings. The fraction of sp³-hybridized carbons (Fsp3) is 0.643. The molecule has 0 fully saturated rings. The molecule has 0 unspecified atom stereocenters. The van der Waals surface area contributed by atoms with Crippen LogP contribution in [0.2, 0.25) is 0 Å². The molecule has 5 nitrogen and oxygen atoms in total. The average molecular weight is 267 g/mol. The van der Waals surface area contributed by atoms with E-state index >= 15 is 0 Å². The topological polar surface area (TPSA) is 60.6 Å². The molecular weight excluding hydrogens is 242 g/mol. The van der Waals surface area contributed by atoms with Crippen LogP contribution in [0.5, 0.6) is 0 Å². The molecule has 1 heterocycles. The van der Waals surface area contributed by atoms with Crippen LogP contribution >= 0.6 is 0 Å². The number of nitrogens with zero attached hydrogens (tertiary/aromatic N) is 2. The maximum atomic E-state index is 5.75. The first kappa shape index (κ1) is 15.9. The van der Waals surface area contributed by atoms with Crippen molar-refractivity contribution in [1.29, 1.82) is 0 Å². The molecule has 0 aliphatic heterocycles. The fourth-order valence-corrected chi connectivity index (χ4v) is 1.87. The van der Waals surface area contributed by atoms with E-state index in [1.807, 2.05) is 26.0 Å². The normalized spacial score (nSPS) is 10.7. The maximum absolute atomic E-state index is 5.75. The van der Waals surface area contributed by atoms with Gasteiger partial charge in [-0.25, -0.2) is 0 Å². The summed E-state index contributed by atoms with van der Waals surface area (Å²) in [5.41, 5.74) is 7.73. The van der Waals surface area contributed by atoms with Crippen molar-refractivity contribution in [1.82, 2.24) is 4.98 Å². The lowest BCUT2D eigenvalue weighted by atomic mass is 10.2. The molecule has 1 aromatic heterocycles. The summed E-state index contributed by atoms with van der Waals surface area (Å²) in [4.78, 5) is 6.55. The Balaban J connectivity index is 2.69. The molecule has 0 amide bonds. The molecule has 2 N–H and O–H groups in total. The van der Waals surface area contributed by atoms with E-state index in [9.17, 15) is 0 Å². The Morgan fingerprint density at radius 2 is 1.79 bits per heavy atom. The number of nitrogens with two attached hydrogens (primary N) is 1. The molecule has 0 aliphatic carbocycles. The van der Waals surface area contributed by atoms with Crippen molar-refractivity contribution in [2.24, 2.45) is 5.73 Å². The number of pyridine rings is 1. The van der Waals surface area contributed by atoms with E-state index in [0.717, 1.165) is 37.7 Å². The van der Waals surface area contributed by atoms with Crippen molar-refractivity contribution in [3.05, 3.63) is 24.0 Å². The van der Waals surface area contributed by atoms with Crippen LogP contribution in [-0.4, -0.2) is 44.5 Å². The zero-order valence-corrected chi connectivity index (χ0v) is 12.0. The third kappa shape index (κ3) is 5.55. The first-order valence-electron chi connectivity index (χ1n) is 6.87. The van der Waals surface area contributed by atoms with Crippen molar-refractivity contribution < 1.29 is 9.47 Å². The van der Waals surface area contributed by atoms with Crippen LogP contribution in [-0.2, 0) is 16.0 Å². The van der Waals surface area contributed by atoms with Gasteiger partial charge in [-0.05, 0) is 26.0 Å². The zero-order valence-electron chi connectivity index (χ0n) is 12.0. The molecule has 0 aliphatic rings. The van der Waals surface area contributed by atoms with E-state index in [-0.39, 0.29) is 0 Å². The lowest BCUT2D eigenvalue weighted by Crippen LogP contribution is -2.32. The van der Waals surface area contributed by atoms with E-state index in [0.29, 0.717) is 19.8 Å². The smallest absolute Gasteiger partial charge is 0.0772 e. The number of aromatic nitrogens is 1. The minimum absolute atomic E-state index is 0.440. The average Bonchev–Trinajstić information content (AvgIpc) is 2.46. The Hall–Kier alpha value is -1.17. The highest BCUT2D eigenvalue weighted by atomic mass is 16.5. The summed E-state index contributed by atoms with van der Waals surface area (Å²) in [5, 5.41) is 0. The quantitative estimate of drug-likeness (QED) is 0.650. The standard InChI is InChI=1S/C14H25N3O2/c1-3-18-10-8-17(9-11-19-4-2)14-6-5-7-16-13(14)12-15/h5-7H,3-4,8-12,15H2,1-2H3. The molecule has 19 heavy (non-hydrogen) atoms. The third-order valence-corrected chi connectivity index (χ3v) is 2.82. The van der Waals surface area contributed by atoms with E-state index in [1.54, 1.807) is 6.20 Å². The third-order valence-electron chi connectivity index (χ3n) is 2.82. The number of anilines is 1. The predicted octanol–water partition coefficient (Wildman–Crippen LogP) is 1.42. The largest absolute Gasteiger partial charge is 0.380 e. The molecule has 0 atom stereocenters. The van der Waals surface area contributed by atoms with Crippen molar-refractivity contribution in [2.45, 2.75) is 20.4 Å². The summed E-state index contributed by atoms with van der Waals surface area (Å²) in [6.07, 6.45) is 1.77. The zero-order chi connectivity index (χ0) is 13.9. The van der Waals surface area contributed by atoms with E-state index in [1.165, 1.54) is 0 Å². The Labute approximate surface area is 115 Å². The minimum Gasteiger partial charge on any atom is -0.380 e. The van der Waals surface area contributed by atoms with Crippen LogP contribution in [0.1, 0.15) is 19.5 Å². The SMILES string of the molecule is CCOCCN(CCOCC)c1cccnc1CN. The minimum atomic E-state index is 0.440. The number of hydrogen-bond donors (Lipinski definition) is 1. The van der Waals surface area contributed by atoms with Crippen molar-refractivity contribution in [3.63, 3.8) is 0 Å². The molecule has 5 heteroatoms. The van der Waals surface area contributed by atoms with Crippen LogP contribution in [0.3, 0.4) is 0 Å². The van der Waals surface area contributed by atoms with Gasteiger partial charge in [0.25, 0.3) is 0 Å². The highest BCUT2D eigenvalue weighted by Gasteiger charge is 2.11. The first-order valence-corrected chi connectivity index (χ1v) is 6.87. The highest BCUT2D eigenvalue weighted by Crippen LogP contribution is 2.17. The molecule has 0 saturated heterocycles. The predicted molar refractivity (Wildman–Crippen MR) is 77.3 cm³/mol. The number of rotatable bonds is 10. The van der Waals surface area contributed by atoms with Crippen LogP contribution in [0.25, 0.3) is 0 Å². The van der Waals surface area contributed by atoms with Gasteiger partial charge in [-0.15, -0.1) is 0 Å². The van der Waals surface area contributed by atoms with Crippen molar-refractivity contribution in [2.75, 3.05) is 44.4 Å². The molecule has 0 saturated carbocycles. The van der Waals surface area contributed by atoms with E-state index in [2.05, 4.69) is 9.88 Å². The lowest BCUT2D eigenvalue weighted by Gasteiger charge is -2.26. The summed E-state index contributed by atoms with van der Waals surface area (Å²) in [7, 11) is 0. The van der Waals surface area contributed by atoms with Gasteiger partial charge in [0.1, 0.15) is 0 Å². The van der Waals surface area contributed by atoms with E-state index in [4.69, 9.17) is 15.2 Å². The van der Waals surface area contributed by atoms with Gasteiger partial charge in [-0.1, -0.05) is 0 Å². The van der Waals surface area contributed by atoms with Gasteiger partial charge < -0.3 is 20.1 Å². The van der Waals surface area contributed by atoms with Gasteiger partial charge in [0.05, 0.1) is 24.6 Å². The summed E-state index contributed by atoms with van der Waals surface area (Å²) in [6, 6.07) is 3.98. The number of ether oxygens (including phenoxy) is 2. The van der Waals surface area contributed by atoms with Crippen molar-refractivity contribution >= 4 is 5.69 Å². The summed E-state index contributed by atoms with van der Waals surface area (Å²) in [5.74, 6) is 0. The Kier molecular flexibility index (Phi) is 8.13. The van der Waals surface area contributed by atoms with Gasteiger partial charge in [0.15, 0.2) is 0 Å². The summed E-state index contributed by atoms with van der Waals surface area (Å²) in [6.45, 7) is 8.93. The number of hydrogen-bond acceptors (Lipinski definition) is 5. The van der Waals surface area contributed by atoms with Crippen LogP contribution in [0, 0.1) is 0 Å². The van der Waals surface area contributed by atoms with Crippen LogP contribution in [0.15, 0.2) is 18.3 Å². The van der Waals surface area contributed by atoms with Crippen LogP contribution < -0.4 is 10.6 Å². The van der Waals surface area contributed by atoms with Gasteiger partial charge in [0, 0.05) is 39.0 Å². The van der Waals surface area contributed by atoms with Gasteiger partial charge >= 0.3 is 0 Å². The molecule has 108 valence electrons. The van der Waals surface area contributed by atoms with Gasteiger partial charge in [-0.3, -0.25) is 4.98 Å². The second-order valence-electron chi connectivity index (χ2n) is 4.05. The van der Waals surface area contributed by atoms with Gasteiger partial charge in [0.2, 0.25) is 0 Å². The highest BCUT2D eigenvalue weighted by molar-refractivity contribution is 5.50. The molecule has 0 radical (unpaired) electrons. The fourth-order valence-electron chi connectivity index (χ4n) is 1.87.